The zero-order valence-corrected chi connectivity index (χ0v) is 11.9. The number of hydrogen-bond donors (Lipinski definition) is 1. The van der Waals surface area contributed by atoms with Crippen molar-refractivity contribution in [2.24, 2.45) is 5.73 Å². The molecule has 0 heterocycles. The summed E-state index contributed by atoms with van der Waals surface area (Å²) in [4.78, 5) is 2.26. The lowest BCUT2D eigenvalue weighted by atomic mass is 10.1. The van der Waals surface area contributed by atoms with Gasteiger partial charge in [-0.1, -0.05) is 36.5 Å². The van der Waals surface area contributed by atoms with Gasteiger partial charge in [-0.15, -0.1) is 0 Å². The van der Waals surface area contributed by atoms with Crippen molar-refractivity contribution < 1.29 is 0 Å². The van der Waals surface area contributed by atoms with Crippen molar-refractivity contribution in [2.45, 2.75) is 25.8 Å². The van der Waals surface area contributed by atoms with Gasteiger partial charge in [0.15, 0.2) is 0 Å². The van der Waals surface area contributed by atoms with Crippen LogP contribution in [-0.2, 0) is 0 Å². The SMILES string of the molecule is CCCCN(C)C(CN)c1cc(Cl)cc(Cl)c1. The zero-order chi connectivity index (χ0) is 12.8. The second-order valence-corrected chi connectivity index (χ2v) is 5.16. The van der Waals surface area contributed by atoms with Crippen molar-refractivity contribution in [3.63, 3.8) is 0 Å². The van der Waals surface area contributed by atoms with Crippen LogP contribution in [0, 0.1) is 0 Å². The largest absolute Gasteiger partial charge is 0.329 e. The van der Waals surface area contributed by atoms with Gasteiger partial charge < -0.3 is 5.73 Å². The van der Waals surface area contributed by atoms with Crippen LogP contribution in [0.2, 0.25) is 10.0 Å². The van der Waals surface area contributed by atoms with Gasteiger partial charge in [0.1, 0.15) is 0 Å². The number of rotatable bonds is 6. The molecular weight excluding hydrogens is 255 g/mol. The fraction of sp³-hybridized carbons (Fsp3) is 0.538. The molecule has 0 aromatic heterocycles. The molecule has 1 unspecified atom stereocenters. The van der Waals surface area contributed by atoms with Gasteiger partial charge in [-0.3, -0.25) is 4.90 Å². The summed E-state index contributed by atoms with van der Waals surface area (Å²) >= 11 is 12.0. The molecule has 1 aromatic rings. The molecule has 1 aromatic carbocycles. The van der Waals surface area contributed by atoms with Crippen LogP contribution in [0.15, 0.2) is 18.2 Å². The summed E-state index contributed by atoms with van der Waals surface area (Å²) < 4.78 is 0. The van der Waals surface area contributed by atoms with Crippen LogP contribution in [0.4, 0.5) is 0 Å². The number of nitrogens with zero attached hydrogens (tertiary/aromatic N) is 1. The third kappa shape index (κ3) is 4.47. The molecule has 0 aliphatic heterocycles. The van der Waals surface area contributed by atoms with Crippen LogP contribution < -0.4 is 5.73 Å². The summed E-state index contributed by atoms with van der Waals surface area (Å²) in [6.07, 6.45) is 2.35. The minimum absolute atomic E-state index is 0.178. The van der Waals surface area contributed by atoms with Gasteiger partial charge in [-0.2, -0.15) is 0 Å². The summed E-state index contributed by atoms with van der Waals surface area (Å²) in [5.41, 5.74) is 6.94. The van der Waals surface area contributed by atoms with Crippen LogP contribution in [-0.4, -0.2) is 25.0 Å². The zero-order valence-electron chi connectivity index (χ0n) is 10.4. The Hall–Kier alpha value is -0.280. The van der Waals surface area contributed by atoms with Gasteiger partial charge in [0.05, 0.1) is 0 Å². The predicted molar refractivity (Wildman–Crippen MR) is 75.8 cm³/mol. The number of hydrogen-bond acceptors (Lipinski definition) is 2. The lowest BCUT2D eigenvalue weighted by Crippen LogP contribution is -2.31. The highest BCUT2D eigenvalue weighted by Crippen LogP contribution is 2.26. The lowest BCUT2D eigenvalue weighted by molar-refractivity contribution is 0.246. The number of likely N-dealkylation sites (N-methyl/N-ethyl adjacent to an activating group) is 1. The van der Waals surface area contributed by atoms with E-state index >= 15 is 0 Å². The number of halogens is 2. The molecule has 0 saturated carbocycles. The second-order valence-electron chi connectivity index (χ2n) is 4.29. The Bertz CT molecular complexity index is 335. The van der Waals surface area contributed by atoms with E-state index in [1.54, 1.807) is 6.07 Å². The van der Waals surface area contributed by atoms with Gasteiger partial charge >= 0.3 is 0 Å². The molecule has 2 N–H and O–H groups in total. The minimum Gasteiger partial charge on any atom is -0.329 e. The van der Waals surface area contributed by atoms with E-state index in [1.807, 2.05) is 12.1 Å². The molecular formula is C13H20Cl2N2. The first-order valence-corrected chi connectivity index (χ1v) is 6.70. The molecule has 0 amide bonds. The van der Waals surface area contributed by atoms with E-state index in [9.17, 15) is 0 Å². The summed E-state index contributed by atoms with van der Waals surface area (Å²) in [6.45, 7) is 3.78. The van der Waals surface area contributed by atoms with Crippen molar-refractivity contribution in [1.82, 2.24) is 4.90 Å². The summed E-state index contributed by atoms with van der Waals surface area (Å²) in [6, 6.07) is 5.80. The topological polar surface area (TPSA) is 29.3 Å². The van der Waals surface area contributed by atoms with Gasteiger partial charge in [0, 0.05) is 22.6 Å². The standard InChI is InChI=1S/C13H20Cl2N2/c1-3-4-5-17(2)13(9-16)10-6-11(14)8-12(15)7-10/h6-8,13H,3-5,9,16H2,1-2H3. The Morgan fingerprint density at radius 1 is 1.24 bits per heavy atom. The summed E-state index contributed by atoms with van der Waals surface area (Å²) in [5.74, 6) is 0. The van der Waals surface area contributed by atoms with E-state index in [0.717, 1.165) is 12.1 Å². The fourth-order valence-corrected chi connectivity index (χ4v) is 2.44. The maximum Gasteiger partial charge on any atom is 0.0468 e. The Balaban J connectivity index is 2.84. The highest BCUT2D eigenvalue weighted by molar-refractivity contribution is 6.34. The Morgan fingerprint density at radius 2 is 1.82 bits per heavy atom. The molecule has 0 aliphatic rings. The normalized spacial score (nSPS) is 13.1. The van der Waals surface area contributed by atoms with Gasteiger partial charge in [0.2, 0.25) is 0 Å². The van der Waals surface area contributed by atoms with Gasteiger partial charge in [-0.25, -0.2) is 0 Å². The molecule has 0 saturated heterocycles. The van der Waals surface area contributed by atoms with Gasteiger partial charge in [-0.05, 0) is 43.8 Å². The minimum atomic E-state index is 0.178. The van der Waals surface area contributed by atoms with E-state index in [0.29, 0.717) is 16.6 Å². The van der Waals surface area contributed by atoms with E-state index in [-0.39, 0.29) is 6.04 Å². The molecule has 4 heteroatoms. The molecule has 0 spiro atoms. The molecule has 0 bridgehead atoms. The molecule has 0 aliphatic carbocycles. The average Bonchev–Trinajstić information content (AvgIpc) is 2.26. The molecule has 96 valence electrons. The second kappa shape index (κ2) is 7.22. The third-order valence-electron chi connectivity index (χ3n) is 2.89. The van der Waals surface area contributed by atoms with Crippen LogP contribution in [0.3, 0.4) is 0 Å². The van der Waals surface area contributed by atoms with Crippen molar-refractivity contribution in [2.75, 3.05) is 20.1 Å². The smallest absolute Gasteiger partial charge is 0.0468 e. The first-order valence-electron chi connectivity index (χ1n) is 5.94. The molecule has 0 fully saturated rings. The fourth-order valence-electron chi connectivity index (χ4n) is 1.90. The molecule has 1 atom stereocenters. The highest BCUT2D eigenvalue weighted by Gasteiger charge is 2.15. The number of nitrogens with two attached hydrogens (primary N) is 1. The molecule has 17 heavy (non-hydrogen) atoms. The molecule has 1 rings (SSSR count). The van der Waals surface area contributed by atoms with Crippen LogP contribution in [0.25, 0.3) is 0 Å². The summed E-state index contributed by atoms with van der Waals surface area (Å²) in [7, 11) is 2.09. The predicted octanol–water partition coefficient (Wildman–Crippen LogP) is 3.73. The maximum absolute atomic E-state index is 6.02. The molecule has 0 radical (unpaired) electrons. The quantitative estimate of drug-likeness (QED) is 0.857. The van der Waals surface area contributed by atoms with Crippen molar-refractivity contribution in [3.8, 4) is 0 Å². The van der Waals surface area contributed by atoms with Crippen molar-refractivity contribution >= 4 is 23.2 Å². The van der Waals surface area contributed by atoms with Crippen molar-refractivity contribution in [1.29, 1.82) is 0 Å². The third-order valence-corrected chi connectivity index (χ3v) is 3.33. The Kier molecular flexibility index (Phi) is 6.28. The van der Waals surface area contributed by atoms with E-state index in [2.05, 4.69) is 18.9 Å². The van der Waals surface area contributed by atoms with Crippen molar-refractivity contribution in [3.05, 3.63) is 33.8 Å². The first kappa shape index (κ1) is 14.8. The Labute approximate surface area is 114 Å². The first-order chi connectivity index (χ1) is 8.08. The van der Waals surface area contributed by atoms with Crippen LogP contribution >= 0.6 is 23.2 Å². The monoisotopic (exact) mass is 274 g/mol. The van der Waals surface area contributed by atoms with Crippen LogP contribution in [0.5, 0.6) is 0 Å². The summed E-state index contributed by atoms with van der Waals surface area (Å²) in [5, 5.41) is 1.32. The highest BCUT2D eigenvalue weighted by atomic mass is 35.5. The van der Waals surface area contributed by atoms with Crippen LogP contribution in [0.1, 0.15) is 31.4 Å². The van der Waals surface area contributed by atoms with E-state index < -0.39 is 0 Å². The van der Waals surface area contributed by atoms with E-state index in [4.69, 9.17) is 28.9 Å². The molecule has 2 nitrogen and oxygen atoms in total. The number of unbranched alkanes of at least 4 members (excludes halogenated alkanes) is 1. The lowest BCUT2D eigenvalue weighted by Gasteiger charge is -2.27. The van der Waals surface area contributed by atoms with Gasteiger partial charge in [0.25, 0.3) is 0 Å². The Morgan fingerprint density at radius 3 is 2.29 bits per heavy atom. The number of benzene rings is 1. The average molecular weight is 275 g/mol. The van der Waals surface area contributed by atoms with E-state index in [1.165, 1.54) is 12.8 Å². The maximum atomic E-state index is 6.02.